The zero-order valence-electron chi connectivity index (χ0n) is 17.7. The summed E-state index contributed by atoms with van der Waals surface area (Å²) in [6.07, 6.45) is 0.557. The van der Waals surface area contributed by atoms with Gasteiger partial charge >= 0.3 is 0 Å². The predicted molar refractivity (Wildman–Crippen MR) is 130 cm³/mol. The summed E-state index contributed by atoms with van der Waals surface area (Å²) in [7, 11) is 1.57. The quantitative estimate of drug-likeness (QED) is 0.279. The summed E-state index contributed by atoms with van der Waals surface area (Å²) in [5.74, 6) is -0.216. The first-order chi connectivity index (χ1) is 15.5. The van der Waals surface area contributed by atoms with Gasteiger partial charge in [-0.05, 0) is 18.9 Å². The number of aromatic nitrogens is 4. The van der Waals surface area contributed by atoms with Crippen molar-refractivity contribution in [2.75, 3.05) is 12.4 Å². The van der Waals surface area contributed by atoms with Gasteiger partial charge in [-0.1, -0.05) is 59.9 Å². The first-order valence-electron chi connectivity index (χ1n) is 9.86. The van der Waals surface area contributed by atoms with Gasteiger partial charge in [-0.3, -0.25) is 14.9 Å². The maximum absolute atomic E-state index is 12.9. The van der Waals surface area contributed by atoms with Gasteiger partial charge in [0.05, 0.1) is 10.6 Å². The molecule has 32 heavy (non-hydrogen) atoms. The number of thiophene rings is 1. The number of carbonyl (C=O) groups is 1. The van der Waals surface area contributed by atoms with E-state index in [-0.39, 0.29) is 11.5 Å². The van der Waals surface area contributed by atoms with Gasteiger partial charge < -0.3 is 9.72 Å². The number of fused-ring (bicyclic) bond motifs is 1. The minimum Gasteiger partial charge on any atom is -0.377 e. The monoisotopic (exact) mass is 487 g/mol. The zero-order chi connectivity index (χ0) is 22.7. The van der Waals surface area contributed by atoms with Crippen LogP contribution >= 0.6 is 34.4 Å². The minimum atomic E-state index is -0.443. The summed E-state index contributed by atoms with van der Waals surface area (Å²) in [6.45, 7) is 4.28. The number of aryl methyl sites for hydroxylation is 1. The molecule has 0 saturated carbocycles. The van der Waals surface area contributed by atoms with Crippen LogP contribution < -0.4 is 10.9 Å². The Kier molecular flexibility index (Phi) is 6.99. The first-order valence-corrected chi connectivity index (χ1v) is 12.4. The fraction of sp³-hybridized carbons (Fsp3) is 0.286. The van der Waals surface area contributed by atoms with E-state index < -0.39 is 5.25 Å². The number of methoxy groups -OCH3 is 1. The second-order valence-electron chi connectivity index (χ2n) is 7.00. The third-order valence-corrected chi connectivity index (χ3v) is 7.60. The second-order valence-corrected chi connectivity index (χ2v) is 10.1. The molecule has 0 spiro atoms. The number of thioether (sulfide) groups is 1. The highest BCUT2D eigenvalue weighted by molar-refractivity contribution is 8.00. The van der Waals surface area contributed by atoms with Crippen molar-refractivity contribution in [2.24, 2.45) is 0 Å². The van der Waals surface area contributed by atoms with Crippen molar-refractivity contribution in [1.82, 2.24) is 20.2 Å². The van der Waals surface area contributed by atoms with Crippen LogP contribution in [-0.2, 0) is 16.1 Å². The average molecular weight is 488 g/mol. The molecule has 0 saturated heterocycles. The van der Waals surface area contributed by atoms with Gasteiger partial charge in [0.2, 0.25) is 11.0 Å². The van der Waals surface area contributed by atoms with E-state index in [1.807, 2.05) is 43.5 Å². The van der Waals surface area contributed by atoms with Crippen molar-refractivity contribution in [3.63, 3.8) is 0 Å². The van der Waals surface area contributed by atoms with Crippen molar-refractivity contribution >= 4 is 55.7 Å². The number of carbonyl (C=O) groups excluding carboxylic acids is 1. The van der Waals surface area contributed by atoms with Gasteiger partial charge in [0.25, 0.3) is 5.56 Å². The van der Waals surface area contributed by atoms with E-state index in [1.54, 1.807) is 7.11 Å². The molecule has 1 unspecified atom stereocenters. The molecule has 11 heteroatoms. The fourth-order valence-electron chi connectivity index (χ4n) is 3.06. The number of hydrogen-bond acceptors (Lipinski definition) is 9. The molecule has 1 amide bonds. The Bertz CT molecular complexity index is 1300. The summed E-state index contributed by atoms with van der Waals surface area (Å²) in [5.41, 5.74) is 2.79. The standard InChI is InChI=1S/C21H21N5O3S3/c1-4-14(17(27)22-21-26-25-15(32-21)9-29-3)31-20-23-18(28)16-13(10-30-19(16)24-20)12-7-5-11(2)6-8-12/h5-8,10,14H,4,9H2,1-3H3,(H,22,26,27)(H,23,24,28). The fourth-order valence-corrected chi connectivity index (χ4v) is 5.68. The van der Waals surface area contributed by atoms with Crippen LogP contribution in [0.3, 0.4) is 0 Å². The number of benzene rings is 1. The van der Waals surface area contributed by atoms with Crippen LogP contribution in [0.25, 0.3) is 21.3 Å². The van der Waals surface area contributed by atoms with Crippen molar-refractivity contribution < 1.29 is 9.53 Å². The Balaban J connectivity index is 1.54. The van der Waals surface area contributed by atoms with Crippen LogP contribution in [-0.4, -0.2) is 38.4 Å². The van der Waals surface area contributed by atoms with E-state index in [9.17, 15) is 9.59 Å². The number of hydrogen-bond donors (Lipinski definition) is 2. The molecule has 0 bridgehead atoms. The zero-order valence-corrected chi connectivity index (χ0v) is 20.1. The second kappa shape index (κ2) is 9.90. The molecule has 0 fully saturated rings. The van der Waals surface area contributed by atoms with Crippen LogP contribution in [0.4, 0.5) is 5.13 Å². The highest BCUT2D eigenvalue weighted by atomic mass is 32.2. The lowest BCUT2D eigenvalue weighted by atomic mass is 10.1. The van der Waals surface area contributed by atoms with Gasteiger partial charge in [0.1, 0.15) is 16.4 Å². The lowest BCUT2D eigenvalue weighted by molar-refractivity contribution is -0.115. The van der Waals surface area contributed by atoms with E-state index in [0.717, 1.165) is 16.7 Å². The van der Waals surface area contributed by atoms with Crippen LogP contribution in [0.5, 0.6) is 0 Å². The van der Waals surface area contributed by atoms with Crippen molar-refractivity contribution in [3.8, 4) is 11.1 Å². The SMILES string of the molecule is CCC(Sc1nc2scc(-c3ccc(C)cc3)c2c(=O)[nH]1)C(=O)Nc1nnc(COC)s1. The molecule has 4 aromatic rings. The summed E-state index contributed by atoms with van der Waals surface area (Å²) >= 11 is 3.92. The normalized spacial score (nSPS) is 12.2. The Hall–Kier alpha value is -2.60. The van der Waals surface area contributed by atoms with E-state index >= 15 is 0 Å². The van der Waals surface area contributed by atoms with E-state index in [1.165, 1.54) is 34.4 Å². The van der Waals surface area contributed by atoms with E-state index in [4.69, 9.17) is 4.74 Å². The number of H-pyrrole nitrogens is 1. The molecule has 3 aromatic heterocycles. The van der Waals surface area contributed by atoms with Gasteiger partial charge in [0.15, 0.2) is 5.16 Å². The summed E-state index contributed by atoms with van der Waals surface area (Å²) in [4.78, 5) is 33.7. The van der Waals surface area contributed by atoms with Gasteiger partial charge in [-0.2, -0.15) is 0 Å². The van der Waals surface area contributed by atoms with Gasteiger partial charge in [-0.15, -0.1) is 21.5 Å². The molecule has 1 atom stereocenters. The number of rotatable bonds is 8. The van der Waals surface area contributed by atoms with E-state index in [0.29, 0.717) is 38.5 Å². The van der Waals surface area contributed by atoms with Crippen molar-refractivity contribution in [1.29, 1.82) is 0 Å². The number of nitrogens with zero attached hydrogens (tertiary/aromatic N) is 3. The first kappa shape index (κ1) is 22.6. The highest BCUT2D eigenvalue weighted by Gasteiger charge is 2.22. The third kappa shape index (κ3) is 4.90. The van der Waals surface area contributed by atoms with Crippen molar-refractivity contribution in [3.05, 3.63) is 50.6 Å². The maximum atomic E-state index is 12.9. The summed E-state index contributed by atoms with van der Waals surface area (Å²) in [5, 5.41) is 14.3. The number of amides is 1. The number of nitrogens with one attached hydrogen (secondary N) is 2. The Morgan fingerprint density at radius 3 is 2.78 bits per heavy atom. The summed E-state index contributed by atoms with van der Waals surface area (Å²) in [6, 6.07) is 8.04. The molecule has 0 aliphatic heterocycles. The van der Waals surface area contributed by atoms with Crippen LogP contribution in [0.1, 0.15) is 23.9 Å². The predicted octanol–water partition coefficient (Wildman–Crippen LogP) is 4.47. The van der Waals surface area contributed by atoms with Crippen LogP contribution in [0.15, 0.2) is 39.6 Å². The molecular weight excluding hydrogens is 466 g/mol. The van der Waals surface area contributed by atoms with E-state index in [2.05, 4.69) is 25.5 Å². The van der Waals surface area contributed by atoms with Gasteiger partial charge in [0, 0.05) is 18.1 Å². The molecule has 0 aliphatic rings. The maximum Gasteiger partial charge on any atom is 0.260 e. The molecule has 3 heterocycles. The molecule has 4 rings (SSSR count). The van der Waals surface area contributed by atoms with Gasteiger partial charge in [-0.25, -0.2) is 4.98 Å². The molecule has 166 valence electrons. The lowest BCUT2D eigenvalue weighted by Crippen LogP contribution is -2.25. The van der Waals surface area contributed by atoms with Crippen LogP contribution in [0.2, 0.25) is 0 Å². The molecular formula is C21H21N5O3S3. The highest BCUT2D eigenvalue weighted by Crippen LogP contribution is 2.32. The molecule has 8 nitrogen and oxygen atoms in total. The number of anilines is 1. The molecule has 1 aromatic carbocycles. The average Bonchev–Trinajstić information content (AvgIpc) is 3.40. The lowest BCUT2D eigenvalue weighted by Gasteiger charge is -2.12. The number of ether oxygens (including phenoxy) is 1. The summed E-state index contributed by atoms with van der Waals surface area (Å²) < 4.78 is 5.03. The van der Waals surface area contributed by atoms with Crippen molar-refractivity contribution in [2.45, 2.75) is 37.3 Å². The largest absolute Gasteiger partial charge is 0.377 e. The molecule has 0 radical (unpaired) electrons. The Morgan fingerprint density at radius 2 is 2.06 bits per heavy atom. The number of aromatic amines is 1. The Morgan fingerprint density at radius 1 is 1.28 bits per heavy atom. The Labute approximate surface area is 196 Å². The third-order valence-electron chi connectivity index (χ3n) is 4.67. The topological polar surface area (TPSA) is 110 Å². The molecule has 2 N–H and O–H groups in total. The minimum absolute atomic E-state index is 0.210. The smallest absolute Gasteiger partial charge is 0.260 e. The van der Waals surface area contributed by atoms with Crippen LogP contribution in [0, 0.1) is 6.92 Å². The molecule has 0 aliphatic carbocycles.